The first kappa shape index (κ1) is 10.3. The lowest BCUT2D eigenvalue weighted by atomic mass is 10.1. The number of hydrogen-bond donors (Lipinski definition) is 2. The molecule has 3 heteroatoms. The molecule has 0 heterocycles. The monoisotopic (exact) mass is 191 g/mol. The Hall–Kier alpha value is -1.77. The molecule has 0 atom stereocenters. The van der Waals surface area contributed by atoms with Gasteiger partial charge < -0.3 is 10.4 Å². The number of hydrogen-bond acceptors (Lipinski definition) is 2. The predicted molar refractivity (Wildman–Crippen MR) is 56.3 cm³/mol. The van der Waals surface area contributed by atoms with Gasteiger partial charge in [0.25, 0.3) is 0 Å². The lowest BCUT2D eigenvalue weighted by Gasteiger charge is -2.05. The number of rotatable bonds is 3. The number of aromatic hydroxyl groups is 1. The number of carbonyl (C=O) groups is 1. The van der Waals surface area contributed by atoms with E-state index in [9.17, 15) is 9.90 Å². The third kappa shape index (κ3) is 2.62. The smallest absolute Gasteiger partial charge is 0.221 e. The molecule has 0 aliphatic carbocycles. The van der Waals surface area contributed by atoms with E-state index in [0.717, 1.165) is 5.56 Å². The Morgan fingerprint density at radius 2 is 2.36 bits per heavy atom. The molecule has 0 radical (unpaired) electrons. The minimum atomic E-state index is -0.152. The van der Waals surface area contributed by atoms with Crippen LogP contribution in [0.2, 0.25) is 0 Å². The quantitative estimate of drug-likeness (QED) is 0.718. The maximum absolute atomic E-state index is 10.7. The summed E-state index contributed by atoms with van der Waals surface area (Å²) in [6.45, 7) is 5.01. The molecule has 1 rings (SSSR count). The molecule has 0 aliphatic heterocycles. The van der Waals surface area contributed by atoms with Gasteiger partial charge in [0.15, 0.2) is 0 Å². The molecule has 2 N–H and O–H groups in total. The van der Waals surface area contributed by atoms with Gasteiger partial charge in [0.05, 0.1) is 0 Å². The van der Waals surface area contributed by atoms with E-state index in [2.05, 4.69) is 11.9 Å². The second-order valence-electron chi connectivity index (χ2n) is 3.02. The number of benzene rings is 1. The van der Waals surface area contributed by atoms with Gasteiger partial charge in [-0.3, -0.25) is 4.79 Å². The van der Waals surface area contributed by atoms with Crippen LogP contribution in [-0.4, -0.2) is 11.0 Å². The van der Waals surface area contributed by atoms with Crippen molar-refractivity contribution in [2.24, 2.45) is 0 Å². The summed E-state index contributed by atoms with van der Waals surface area (Å²) in [5.41, 5.74) is 1.40. The van der Waals surface area contributed by atoms with E-state index in [1.807, 2.05) is 0 Å². The predicted octanol–water partition coefficient (Wildman–Crippen LogP) is 2.08. The van der Waals surface area contributed by atoms with Gasteiger partial charge in [0.1, 0.15) is 5.75 Å². The van der Waals surface area contributed by atoms with Gasteiger partial charge in [-0.15, -0.1) is 6.58 Å². The fourth-order valence-corrected chi connectivity index (χ4v) is 1.17. The first-order valence-electron chi connectivity index (χ1n) is 4.34. The van der Waals surface area contributed by atoms with Crippen LogP contribution in [0.25, 0.3) is 0 Å². The van der Waals surface area contributed by atoms with Crippen LogP contribution in [-0.2, 0) is 11.2 Å². The lowest BCUT2D eigenvalue weighted by Crippen LogP contribution is -2.05. The topological polar surface area (TPSA) is 49.3 Å². The zero-order chi connectivity index (χ0) is 10.6. The van der Waals surface area contributed by atoms with E-state index in [4.69, 9.17) is 0 Å². The molecule has 0 aromatic heterocycles. The first-order chi connectivity index (χ1) is 6.63. The molecule has 0 fully saturated rings. The van der Waals surface area contributed by atoms with Gasteiger partial charge in [-0.2, -0.15) is 0 Å². The van der Waals surface area contributed by atoms with E-state index < -0.39 is 0 Å². The largest absolute Gasteiger partial charge is 0.508 e. The van der Waals surface area contributed by atoms with Crippen molar-refractivity contribution in [3.63, 3.8) is 0 Å². The number of nitrogens with one attached hydrogen (secondary N) is 1. The van der Waals surface area contributed by atoms with E-state index in [0.29, 0.717) is 12.1 Å². The Bertz CT molecular complexity index is 358. The zero-order valence-electron chi connectivity index (χ0n) is 8.08. The van der Waals surface area contributed by atoms with Crippen LogP contribution < -0.4 is 5.32 Å². The molecule has 3 nitrogen and oxygen atoms in total. The molecule has 0 unspecified atom stereocenters. The summed E-state index contributed by atoms with van der Waals surface area (Å²) in [5, 5.41) is 12.1. The lowest BCUT2D eigenvalue weighted by molar-refractivity contribution is -0.114. The summed E-state index contributed by atoms with van der Waals surface area (Å²) < 4.78 is 0. The normalized spacial score (nSPS) is 9.50. The number of phenolic OH excluding ortho intramolecular Hbond substituents is 1. The third-order valence-electron chi connectivity index (χ3n) is 1.77. The van der Waals surface area contributed by atoms with E-state index >= 15 is 0 Å². The SMILES string of the molecule is C=CCc1ccc(NC(C)=O)cc1O. The van der Waals surface area contributed by atoms with Crippen LogP contribution in [0.1, 0.15) is 12.5 Å². The summed E-state index contributed by atoms with van der Waals surface area (Å²) in [7, 11) is 0. The van der Waals surface area contributed by atoms with Crippen molar-refractivity contribution < 1.29 is 9.90 Å². The number of anilines is 1. The van der Waals surface area contributed by atoms with Crippen molar-refractivity contribution in [3.05, 3.63) is 36.4 Å². The summed E-state index contributed by atoms with van der Waals surface area (Å²) in [6.07, 6.45) is 2.33. The minimum Gasteiger partial charge on any atom is -0.508 e. The average Bonchev–Trinajstić information content (AvgIpc) is 2.09. The van der Waals surface area contributed by atoms with Crippen LogP contribution in [0.3, 0.4) is 0 Å². The first-order valence-corrected chi connectivity index (χ1v) is 4.34. The van der Waals surface area contributed by atoms with Crippen LogP contribution >= 0.6 is 0 Å². The Labute approximate surface area is 83.1 Å². The average molecular weight is 191 g/mol. The van der Waals surface area contributed by atoms with Gasteiger partial charge >= 0.3 is 0 Å². The second-order valence-corrected chi connectivity index (χ2v) is 3.02. The molecule has 0 aliphatic rings. The van der Waals surface area contributed by atoms with Crippen molar-refractivity contribution in [1.29, 1.82) is 0 Å². The number of phenols is 1. The minimum absolute atomic E-state index is 0.152. The Morgan fingerprint density at radius 1 is 1.64 bits per heavy atom. The highest BCUT2D eigenvalue weighted by molar-refractivity contribution is 5.88. The highest BCUT2D eigenvalue weighted by atomic mass is 16.3. The molecule has 0 spiro atoms. The summed E-state index contributed by atoms with van der Waals surface area (Å²) in [6, 6.07) is 5.04. The van der Waals surface area contributed by atoms with Crippen molar-refractivity contribution >= 4 is 11.6 Å². The van der Waals surface area contributed by atoms with Gasteiger partial charge in [0.2, 0.25) is 5.91 Å². The number of allylic oxidation sites excluding steroid dienone is 1. The van der Waals surface area contributed by atoms with E-state index in [1.165, 1.54) is 13.0 Å². The number of amides is 1. The van der Waals surface area contributed by atoms with Gasteiger partial charge in [0, 0.05) is 18.7 Å². The summed E-state index contributed by atoms with van der Waals surface area (Å²) >= 11 is 0. The zero-order valence-corrected chi connectivity index (χ0v) is 8.08. The van der Waals surface area contributed by atoms with Gasteiger partial charge in [-0.05, 0) is 18.1 Å². The summed E-state index contributed by atoms with van der Waals surface area (Å²) in [5.74, 6) is 0.0250. The molecule has 0 saturated heterocycles. The maximum atomic E-state index is 10.7. The number of carbonyl (C=O) groups excluding carboxylic acids is 1. The van der Waals surface area contributed by atoms with Crippen LogP contribution in [0.15, 0.2) is 30.9 Å². The summed E-state index contributed by atoms with van der Waals surface area (Å²) in [4.78, 5) is 10.7. The van der Waals surface area contributed by atoms with E-state index in [1.54, 1.807) is 18.2 Å². The Kier molecular flexibility index (Phi) is 3.29. The van der Waals surface area contributed by atoms with Crippen LogP contribution in [0.4, 0.5) is 5.69 Å². The maximum Gasteiger partial charge on any atom is 0.221 e. The Morgan fingerprint density at radius 3 is 2.86 bits per heavy atom. The molecule has 0 bridgehead atoms. The van der Waals surface area contributed by atoms with Crippen molar-refractivity contribution in [1.82, 2.24) is 0 Å². The Balaban J connectivity index is 2.88. The van der Waals surface area contributed by atoms with Crippen molar-refractivity contribution in [2.45, 2.75) is 13.3 Å². The third-order valence-corrected chi connectivity index (χ3v) is 1.77. The van der Waals surface area contributed by atoms with E-state index in [-0.39, 0.29) is 11.7 Å². The highest BCUT2D eigenvalue weighted by Gasteiger charge is 2.01. The van der Waals surface area contributed by atoms with Crippen LogP contribution in [0.5, 0.6) is 5.75 Å². The molecule has 1 aromatic carbocycles. The molecule has 74 valence electrons. The second kappa shape index (κ2) is 4.46. The molecule has 1 amide bonds. The van der Waals surface area contributed by atoms with Crippen LogP contribution in [0, 0.1) is 0 Å². The fraction of sp³-hybridized carbons (Fsp3) is 0.182. The van der Waals surface area contributed by atoms with Crippen molar-refractivity contribution in [2.75, 3.05) is 5.32 Å². The van der Waals surface area contributed by atoms with Crippen molar-refractivity contribution in [3.8, 4) is 5.75 Å². The molecule has 0 saturated carbocycles. The molecular formula is C11H13NO2. The molecule has 1 aromatic rings. The fourth-order valence-electron chi connectivity index (χ4n) is 1.17. The molecular weight excluding hydrogens is 178 g/mol. The van der Waals surface area contributed by atoms with Gasteiger partial charge in [-0.1, -0.05) is 12.1 Å². The highest BCUT2D eigenvalue weighted by Crippen LogP contribution is 2.22. The molecule has 14 heavy (non-hydrogen) atoms. The van der Waals surface area contributed by atoms with Gasteiger partial charge in [-0.25, -0.2) is 0 Å². The standard InChI is InChI=1S/C11H13NO2/c1-3-4-9-5-6-10(7-11(9)14)12-8(2)13/h3,5-7,14H,1,4H2,2H3,(H,12,13).